The van der Waals surface area contributed by atoms with Gasteiger partial charge >= 0.3 is 0 Å². The van der Waals surface area contributed by atoms with E-state index in [-0.39, 0.29) is 6.10 Å². The Bertz CT molecular complexity index is 173. The second-order valence-corrected chi connectivity index (χ2v) is 5.66. The first-order chi connectivity index (χ1) is 7.00. The maximum Gasteiger partial charge on any atom is 0.0689 e. The van der Waals surface area contributed by atoms with Crippen LogP contribution in [0.25, 0.3) is 0 Å². The molecule has 1 unspecified atom stereocenters. The van der Waals surface area contributed by atoms with Crippen LogP contribution >= 0.6 is 0 Å². The molecule has 0 aromatic carbocycles. The average molecular weight is 213 g/mol. The maximum absolute atomic E-state index is 9.84. The van der Waals surface area contributed by atoms with E-state index in [9.17, 15) is 5.11 Å². The number of aliphatic hydroxyl groups is 1. The van der Waals surface area contributed by atoms with Crippen molar-refractivity contribution in [3.63, 3.8) is 0 Å². The van der Waals surface area contributed by atoms with Gasteiger partial charge in [0.2, 0.25) is 0 Å². The molecule has 0 aromatic rings. The van der Waals surface area contributed by atoms with Gasteiger partial charge in [-0.05, 0) is 44.6 Å². The molecule has 0 aromatic heterocycles. The van der Waals surface area contributed by atoms with E-state index in [1.165, 1.54) is 25.7 Å². The van der Waals surface area contributed by atoms with Crippen molar-refractivity contribution in [3.05, 3.63) is 0 Å². The van der Waals surface area contributed by atoms with Crippen LogP contribution in [0.2, 0.25) is 0 Å². The Kier molecular flexibility index (Phi) is 5.07. The molecule has 0 amide bonds. The zero-order valence-electron chi connectivity index (χ0n) is 10.7. The molecule has 1 aliphatic rings. The normalized spacial score (nSPS) is 29.8. The van der Waals surface area contributed by atoms with Gasteiger partial charge in [-0.25, -0.2) is 0 Å². The molecule has 0 heterocycles. The molecule has 0 radical (unpaired) electrons. The second kappa shape index (κ2) is 5.86. The van der Waals surface area contributed by atoms with E-state index in [4.69, 9.17) is 0 Å². The third-order valence-corrected chi connectivity index (χ3v) is 3.85. The number of aliphatic hydroxyl groups excluding tert-OH is 1. The van der Waals surface area contributed by atoms with Gasteiger partial charge in [-0.3, -0.25) is 0 Å². The number of rotatable bonds is 4. The topological polar surface area (TPSA) is 23.5 Å². The lowest BCUT2D eigenvalue weighted by Crippen LogP contribution is -2.41. The van der Waals surface area contributed by atoms with Gasteiger partial charge in [0.05, 0.1) is 6.10 Å². The van der Waals surface area contributed by atoms with Crippen LogP contribution in [0.15, 0.2) is 0 Å². The summed E-state index contributed by atoms with van der Waals surface area (Å²) in [5.41, 5.74) is 0. The van der Waals surface area contributed by atoms with Crippen LogP contribution < -0.4 is 0 Å². The predicted octanol–water partition coefficient (Wildman–Crippen LogP) is 2.51. The van der Waals surface area contributed by atoms with Gasteiger partial charge in [0, 0.05) is 12.6 Å². The highest BCUT2D eigenvalue weighted by atomic mass is 16.3. The third kappa shape index (κ3) is 4.12. The Morgan fingerprint density at radius 3 is 2.20 bits per heavy atom. The lowest BCUT2D eigenvalue weighted by Gasteiger charge is -2.35. The Morgan fingerprint density at radius 1 is 1.20 bits per heavy atom. The van der Waals surface area contributed by atoms with E-state index in [0.717, 1.165) is 12.5 Å². The van der Waals surface area contributed by atoms with Crippen molar-refractivity contribution in [2.75, 3.05) is 13.6 Å². The fourth-order valence-electron chi connectivity index (χ4n) is 2.34. The van der Waals surface area contributed by atoms with Crippen molar-refractivity contribution < 1.29 is 5.11 Å². The molecular weight excluding hydrogens is 186 g/mol. The number of hydrogen-bond donors (Lipinski definition) is 1. The molecule has 15 heavy (non-hydrogen) atoms. The zero-order valence-corrected chi connectivity index (χ0v) is 10.7. The minimum Gasteiger partial charge on any atom is -0.392 e. The summed E-state index contributed by atoms with van der Waals surface area (Å²) in [4.78, 5) is 2.36. The molecule has 0 spiro atoms. The Labute approximate surface area is 94.7 Å². The molecule has 0 bridgehead atoms. The van der Waals surface area contributed by atoms with Crippen LogP contribution in [0.4, 0.5) is 0 Å². The number of hydrogen-bond acceptors (Lipinski definition) is 2. The quantitative estimate of drug-likeness (QED) is 0.775. The standard InChI is InChI=1S/C13H27NO/c1-10(2)13(15)9-14(4)12-7-5-11(3)6-8-12/h10-13,15H,5-9H2,1-4H3. The monoisotopic (exact) mass is 213 g/mol. The summed E-state index contributed by atoms with van der Waals surface area (Å²) in [5, 5.41) is 9.84. The molecule has 1 aliphatic carbocycles. The fraction of sp³-hybridized carbons (Fsp3) is 1.00. The number of likely N-dealkylation sites (N-methyl/N-ethyl adjacent to an activating group) is 1. The summed E-state index contributed by atoms with van der Waals surface area (Å²) in [6.07, 6.45) is 5.15. The van der Waals surface area contributed by atoms with Gasteiger partial charge in [0.25, 0.3) is 0 Å². The molecule has 1 fully saturated rings. The van der Waals surface area contributed by atoms with Crippen LogP contribution in [-0.4, -0.2) is 35.7 Å². The Morgan fingerprint density at radius 2 is 1.73 bits per heavy atom. The Hall–Kier alpha value is -0.0800. The van der Waals surface area contributed by atoms with Crippen LogP contribution in [0.5, 0.6) is 0 Å². The van der Waals surface area contributed by atoms with Crippen LogP contribution in [0, 0.1) is 11.8 Å². The van der Waals surface area contributed by atoms with Crippen molar-refractivity contribution in [3.8, 4) is 0 Å². The van der Waals surface area contributed by atoms with E-state index in [0.29, 0.717) is 12.0 Å². The van der Waals surface area contributed by atoms with Gasteiger partial charge in [-0.2, -0.15) is 0 Å². The molecule has 1 rings (SSSR count). The smallest absolute Gasteiger partial charge is 0.0689 e. The summed E-state index contributed by atoms with van der Waals surface area (Å²) in [5.74, 6) is 1.28. The van der Waals surface area contributed by atoms with Crippen molar-refractivity contribution >= 4 is 0 Å². The Balaban J connectivity index is 2.30. The predicted molar refractivity (Wildman–Crippen MR) is 64.9 cm³/mol. The minimum atomic E-state index is -0.172. The summed E-state index contributed by atoms with van der Waals surface area (Å²) in [7, 11) is 2.16. The van der Waals surface area contributed by atoms with E-state index in [1.807, 2.05) is 0 Å². The zero-order chi connectivity index (χ0) is 11.4. The van der Waals surface area contributed by atoms with Crippen LogP contribution in [0.1, 0.15) is 46.5 Å². The van der Waals surface area contributed by atoms with Crippen molar-refractivity contribution in [1.82, 2.24) is 4.90 Å². The molecule has 1 atom stereocenters. The van der Waals surface area contributed by atoms with Gasteiger partial charge in [0.15, 0.2) is 0 Å². The molecule has 1 N–H and O–H groups in total. The maximum atomic E-state index is 9.84. The molecule has 90 valence electrons. The molecule has 2 heteroatoms. The first kappa shape index (κ1) is 13.0. The van der Waals surface area contributed by atoms with Crippen molar-refractivity contribution in [2.45, 2.75) is 58.6 Å². The summed E-state index contributed by atoms with van der Waals surface area (Å²) in [6.45, 7) is 7.35. The molecule has 1 saturated carbocycles. The van der Waals surface area contributed by atoms with Gasteiger partial charge in [-0.1, -0.05) is 20.8 Å². The largest absolute Gasteiger partial charge is 0.392 e. The van der Waals surface area contributed by atoms with E-state index in [2.05, 4.69) is 32.7 Å². The van der Waals surface area contributed by atoms with E-state index < -0.39 is 0 Å². The van der Waals surface area contributed by atoms with Crippen molar-refractivity contribution in [2.24, 2.45) is 11.8 Å². The molecule has 2 nitrogen and oxygen atoms in total. The van der Waals surface area contributed by atoms with Crippen molar-refractivity contribution in [1.29, 1.82) is 0 Å². The summed E-state index contributed by atoms with van der Waals surface area (Å²) >= 11 is 0. The van der Waals surface area contributed by atoms with E-state index >= 15 is 0 Å². The van der Waals surface area contributed by atoms with E-state index in [1.54, 1.807) is 0 Å². The van der Waals surface area contributed by atoms with Gasteiger partial charge in [0.1, 0.15) is 0 Å². The first-order valence-corrected chi connectivity index (χ1v) is 6.39. The number of nitrogens with zero attached hydrogens (tertiary/aromatic N) is 1. The van der Waals surface area contributed by atoms with Gasteiger partial charge < -0.3 is 10.0 Å². The highest BCUT2D eigenvalue weighted by molar-refractivity contribution is 4.78. The van der Waals surface area contributed by atoms with Crippen LogP contribution in [-0.2, 0) is 0 Å². The lowest BCUT2D eigenvalue weighted by atomic mass is 9.86. The fourth-order valence-corrected chi connectivity index (χ4v) is 2.34. The molecule has 0 aliphatic heterocycles. The average Bonchev–Trinajstić information content (AvgIpc) is 2.18. The first-order valence-electron chi connectivity index (χ1n) is 6.39. The minimum absolute atomic E-state index is 0.172. The highest BCUT2D eigenvalue weighted by Gasteiger charge is 2.23. The molecular formula is C13H27NO. The van der Waals surface area contributed by atoms with Gasteiger partial charge in [-0.15, -0.1) is 0 Å². The third-order valence-electron chi connectivity index (χ3n) is 3.85. The second-order valence-electron chi connectivity index (χ2n) is 5.66. The molecule has 0 saturated heterocycles. The SMILES string of the molecule is CC1CCC(N(C)CC(O)C(C)C)CC1. The highest BCUT2D eigenvalue weighted by Crippen LogP contribution is 2.26. The van der Waals surface area contributed by atoms with Crippen LogP contribution in [0.3, 0.4) is 0 Å². The summed E-state index contributed by atoms with van der Waals surface area (Å²) < 4.78 is 0. The summed E-state index contributed by atoms with van der Waals surface area (Å²) in [6, 6.07) is 0.703. The lowest BCUT2D eigenvalue weighted by molar-refractivity contribution is 0.0582.